The van der Waals surface area contributed by atoms with E-state index in [2.05, 4.69) is 10.6 Å². The van der Waals surface area contributed by atoms with E-state index in [-0.39, 0.29) is 24.8 Å². The average molecular weight is 398 g/mol. The molecule has 29 heavy (non-hydrogen) atoms. The standard InChI is InChI=1S/C22H26N2O5/c1-4-28-19-12-8-16(9-13-19)20(14-21(26)29-5-2)24-22(27)17-6-10-18(11-7-17)23-15(3)25/h6-13,20H,4-5,14H2,1-3H3,(H,23,25)(H,24,27)/t20-/m0/s1. The van der Waals surface area contributed by atoms with Gasteiger partial charge in [0.05, 0.1) is 25.7 Å². The molecule has 0 aliphatic rings. The lowest BCUT2D eigenvalue weighted by Crippen LogP contribution is -2.30. The number of anilines is 1. The molecule has 2 rings (SSSR count). The van der Waals surface area contributed by atoms with Crippen molar-refractivity contribution >= 4 is 23.5 Å². The van der Waals surface area contributed by atoms with E-state index in [1.807, 2.05) is 19.1 Å². The van der Waals surface area contributed by atoms with Crippen molar-refractivity contribution in [1.29, 1.82) is 0 Å². The van der Waals surface area contributed by atoms with Gasteiger partial charge in [0.25, 0.3) is 5.91 Å². The van der Waals surface area contributed by atoms with Gasteiger partial charge in [-0.2, -0.15) is 0 Å². The number of ether oxygens (including phenoxy) is 2. The summed E-state index contributed by atoms with van der Waals surface area (Å²) in [7, 11) is 0. The molecule has 0 unspecified atom stereocenters. The number of rotatable bonds is 9. The van der Waals surface area contributed by atoms with E-state index >= 15 is 0 Å². The van der Waals surface area contributed by atoms with Gasteiger partial charge in [-0.3, -0.25) is 14.4 Å². The van der Waals surface area contributed by atoms with E-state index in [0.29, 0.717) is 23.6 Å². The van der Waals surface area contributed by atoms with Crippen molar-refractivity contribution in [2.24, 2.45) is 0 Å². The highest BCUT2D eigenvalue weighted by atomic mass is 16.5. The van der Waals surface area contributed by atoms with Gasteiger partial charge in [0, 0.05) is 18.2 Å². The van der Waals surface area contributed by atoms with Crippen LogP contribution < -0.4 is 15.4 Å². The molecular formula is C22H26N2O5. The van der Waals surface area contributed by atoms with Crippen LogP contribution in [0, 0.1) is 0 Å². The first-order chi connectivity index (χ1) is 13.9. The van der Waals surface area contributed by atoms with E-state index in [4.69, 9.17) is 9.47 Å². The van der Waals surface area contributed by atoms with Crippen LogP contribution in [0.5, 0.6) is 5.75 Å². The van der Waals surface area contributed by atoms with Gasteiger partial charge in [-0.1, -0.05) is 12.1 Å². The SMILES string of the molecule is CCOC(=O)C[C@H](NC(=O)c1ccc(NC(C)=O)cc1)c1ccc(OCC)cc1. The fourth-order valence-electron chi connectivity index (χ4n) is 2.75. The van der Waals surface area contributed by atoms with Crippen molar-refractivity contribution in [3.8, 4) is 5.75 Å². The molecule has 0 fully saturated rings. The largest absolute Gasteiger partial charge is 0.494 e. The van der Waals surface area contributed by atoms with E-state index in [9.17, 15) is 14.4 Å². The number of hydrogen-bond acceptors (Lipinski definition) is 5. The third-order valence-corrected chi connectivity index (χ3v) is 4.04. The first-order valence-corrected chi connectivity index (χ1v) is 9.49. The summed E-state index contributed by atoms with van der Waals surface area (Å²) in [6.07, 6.45) is 0.0114. The zero-order valence-electron chi connectivity index (χ0n) is 16.9. The Morgan fingerprint density at radius 3 is 2.14 bits per heavy atom. The molecule has 0 aliphatic heterocycles. The van der Waals surface area contributed by atoms with Crippen LogP contribution in [0.3, 0.4) is 0 Å². The molecule has 2 amide bonds. The molecule has 0 radical (unpaired) electrons. The summed E-state index contributed by atoms with van der Waals surface area (Å²) in [4.78, 5) is 35.8. The quantitative estimate of drug-likeness (QED) is 0.631. The van der Waals surface area contributed by atoms with Crippen LogP contribution in [0.25, 0.3) is 0 Å². The Morgan fingerprint density at radius 1 is 0.931 bits per heavy atom. The summed E-state index contributed by atoms with van der Waals surface area (Å²) in [6, 6.07) is 13.2. The minimum Gasteiger partial charge on any atom is -0.494 e. The summed E-state index contributed by atoms with van der Waals surface area (Å²) in [6.45, 7) is 5.87. The van der Waals surface area contributed by atoms with Gasteiger partial charge in [-0.25, -0.2) is 0 Å². The summed E-state index contributed by atoms with van der Waals surface area (Å²) >= 11 is 0. The first-order valence-electron chi connectivity index (χ1n) is 9.49. The fourth-order valence-corrected chi connectivity index (χ4v) is 2.75. The minimum atomic E-state index is -0.549. The van der Waals surface area contributed by atoms with Crippen LogP contribution >= 0.6 is 0 Å². The molecule has 0 spiro atoms. The summed E-state index contributed by atoms with van der Waals surface area (Å²) in [5, 5.41) is 5.53. The van der Waals surface area contributed by atoms with E-state index in [1.54, 1.807) is 43.3 Å². The molecule has 154 valence electrons. The van der Waals surface area contributed by atoms with Crippen LogP contribution in [0.1, 0.15) is 49.2 Å². The molecule has 0 heterocycles. The maximum absolute atomic E-state index is 12.7. The molecule has 0 saturated carbocycles. The monoisotopic (exact) mass is 398 g/mol. The Morgan fingerprint density at radius 2 is 1.59 bits per heavy atom. The molecule has 7 heteroatoms. The predicted octanol–water partition coefficient (Wildman–Crippen LogP) is 3.47. The Bertz CT molecular complexity index is 831. The number of esters is 1. The highest BCUT2D eigenvalue weighted by molar-refractivity contribution is 5.96. The summed E-state index contributed by atoms with van der Waals surface area (Å²) in [5.74, 6) is -0.200. The lowest BCUT2D eigenvalue weighted by Gasteiger charge is -2.19. The van der Waals surface area contributed by atoms with Gasteiger partial charge in [0.1, 0.15) is 5.75 Å². The second-order valence-corrected chi connectivity index (χ2v) is 6.30. The molecule has 1 atom stereocenters. The maximum atomic E-state index is 12.7. The van der Waals surface area contributed by atoms with E-state index < -0.39 is 12.0 Å². The van der Waals surface area contributed by atoms with E-state index in [0.717, 1.165) is 5.56 Å². The molecule has 0 aliphatic carbocycles. The first kappa shape index (κ1) is 21.9. The minimum absolute atomic E-state index is 0.0114. The van der Waals surface area contributed by atoms with Crippen molar-refractivity contribution < 1.29 is 23.9 Å². The molecule has 2 aromatic rings. The zero-order chi connectivity index (χ0) is 21.2. The number of carbonyl (C=O) groups excluding carboxylic acids is 3. The van der Waals surface area contributed by atoms with E-state index in [1.165, 1.54) is 6.92 Å². The molecule has 2 N–H and O–H groups in total. The van der Waals surface area contributed by atoms with Gasteiger partial charge >= 0.3 is 5.97 Å². The van der Waals surface area contributed by atoms with Crippen LogP contribution in [0.15, 0.2) is 48.5 Å². The average Bonchev–Trinajstić information content (AvgIpc) is 2.68. The Balaban J connectivity index is 2.16. The highest BCUT2D eigenvalue weighted by Gasteiger charge is 2.20. The van der Waals surface area contributed by atoms with Gasteiger partial charge in [-0.05, 0) is 55.8 Å². The van der Waals surface area contributed by atoms with Crippen LogP contribution in [0.4, 0.5) is 5.69 Å². The van der Waals surface area contributed by atoms with Crippen molar-refractivity contribution in [1.82, 2.24) is 5.32 Å². The second kappa shape index (κ2) is 10.8. The lowest BCUT2D eigenvalue weighted by molar-refractivity contribution is -0.143. The Labute approximate surface area is 170 Å². The maximum Gasteiger partial charge on any atom is 0.308 e. The van der Waals surface area contributed by atoms with Gasteiger partial charge in [0.2, 0.25) is 5.91 Å². The number of hydrogen-bond donors (Lipinski definition) is 2. The summed E-state index contributed by atoms with van der Waals surface area (Å²) < 4.78 is 10.5. The molecule has 0 saturated heterocycles. The molecule has 7 nitrogen and oxygen atoms in total. The normalized spacial score (nSPS) is 11.3. The van der Waals surface area contributed by atoms with Crippen LogP contribution in [-0.2, 0) is 14.3 Å². The van der Waals surface area contributed by atoms with Gasteiger partial charge in [-0.15, -0.1) is 0 Å². The third kappa shape index (κ3) is 6.95. The highest BCUT2D eigenvalue weighted by Crippen LogP contribution is 2.22. The molecule has 0 aromatic heterocycles. The smallest absolute Gasteiger partial charge is 0.308 e. The zero-order valence-corrected chi connectivity index (χ0v) is 16.9. The number of benzene rings is 2. The third-order valence-electron chi connectivity index (χ3n) is 4.04. The molecular weight excluding hydrogens is 372 g/mol. The topological polar surface area (TPSA) is 93.7 Å². The predicted molar refractivity (Wildman–Crippen MR) is 110 cm³/mol. The number of amides is 2. The van der Waals surface area contributed by atoms with Crippen LogP contribution in [0.2, 0.25) is 0 Å². The van der Waals surface area contributed by atoms with Crippen molar-refractivity contribution in [3.05, 3.63) is 59.7 Å². The molecule has 2 aromatic carbocycles. The number of nitrogens with one attached hydrogen (secondary N) is 2. The van der Waals surface area contributed by atoms with Crippen molar-refractivity contribution in [2.45, 2.75) is 33.2 Å². The summed E-state index contributed by atoms with van der Waals surface area (Å²) in [5.41, 5.74) is 1.78. The lowest BCUT2D eigenvalue weighted by atomic mass is 10.0. The number of carbonyl (C=O) groups is 3. The van der Waals surface area contributed by atoms with Crippen molar-refractivity contribution in [2.75, 3.05) is 18.5 Å². The Hall–Kier alpha value is -3.35. The fraction of sp³-hybridized carbons (Fsp3) is 0.318. The van der Waals surface area contributed by atoms with Gasteiger partial charge in [0.15, 0.2) is 0 Å². The van der Waals surface area contributed by atoms with Crippen molar-refractivity contribution in [3.63, 3.8) is 0 Å². The molecule has 0 bridgehead atoms. The Kier molecular flexibility index (Phi) is 8.21. The van der Waals surface area contributed by atoms with Gasteiger partial charge < -0.3 is 20.1 Å². The van der Waals surface area contributed by atoms with Crippen LogP contribution in [-0.4, -0.2) is 31.0 Å². The second-order valence-electron chi connectivity index (χ2n) is 6.30.